The largest absolute Gasteiger partial charge is 0.164 e. The van der Waals surface area contributed by atoms with Gasteiger partial charge in [0.25, 0.3) is 0 Å². The molecule has 0 heterocycles. The van der Waals surface area contributed by atoms with E-state index in [0.717, 1.165) is 0 Å². The second-order valence-electron chi connectivity index (χ2n) is 4.64. The van der Waals surface area contributed by atoms with Gasteiger partial charge >= 0.3 is 0 Å². The van der Waals surface area contributed by atoms with Gasteiger partial charge in [-0.3, -0.25) is 0 Å². The highest BCUT2D eigenvalue weighted by molar-refractivity contribution is 6.56. The SMILES string of the molecule is CC(C)([B]c1ccccc1)c1ccccc1. The summed E-state index contributed by atoms with van der Waals surface area (Å²) in [6.07, 6.45) is 0. The first-order valence-corrected chi connectivity index (χ1v) is 5.65. The molecular formula is C15H16B. The van der Waals surface area contributed by atoms with E-state index in [1.807, 2.05) is 6.07 Å². The zero-order valence-electron chi connectivity index (χ0n) is 9.85. The Hall–Kier alpha value is -1.50. The minimum atomic E-state index is 0.0720. The van der Waals surface area contributed by atoms with Crippen molar-refractivity contribution in [1.29, 1.82) is 0 Å². The van der Waals surface area contributed by atoms with Crippen molar-refractivity contribution >= 4 is 12.7 Å². The van der Waals surface area contributed by atoms with Crippen LogP contribution in [0.3, 0.4) is 0 Å². The van der Waals surface area contributed by atoms with Crippen molar-refractivity contribution in [2.75, 3.05) is 0 Å². The summed E-state index contributed by atoms with van der Waals surface area (Å²) < 4.78 is 0. The van der Waals surface area contributed by atoms with E-state index in [-0.39, 0.29) is 5.31 Å². The summed E-state index contributed by atoms with van der Waals surface area (Å²) in [7, 11) is 2.31. The monoisotopic (exact) mass is 207 g/mol. The van der Waals surface area contributed by atoms with E-state index in [1.165, 1.54) is 11.0 Å². The molecular weight excluding hydrogens is 191 g/mol. The predicted octanol–water partition coefficient (Wildman–Crippen LogP) is 2.95. The highest BCUT2D eigenvalue weighted by Crippen LogP contribution is 2.20. The molecule has 0 atom stereocenters. The van der Waals surface area contributed by atoms with Crippen molar-refractivity contribution in [3.63, 3.8) is 0 Å². The van der Waals surface area contributed by atoms with Crippen molar-refractivity contribution in [2.24, 2.45) is 0 Å². The van der Waals surface area contributed by atoms with E-state index >= 15 is 0 Å². The van der Waals surface area contributed by atoms with Gasteiger partial charge in [-0.15, -0.1) is 0 Å². The molecule has 16 heavy (non-hydrogen) atoms. The maximum absolute atomic E-state index is 2.31. The van der Waals surface area contributed by atoms with Crippen molar-refractivity contribution < 1.29 is 0 Å². The average Bonchev–Trinajstić information content (AvgIpc) is 2.31. The molecule has 0 aliphatic carbocycles. The Morgan fingerprint density at radius 3 is 1.81 bits per heavy atom. The first-order chi connectivity index (χ1) is 7.68. The fraction of sp³-hybridized carbons (Fsp3) is 0.200. The molecule has 2 aromatic carbocycles. The van der Waals surface area contributed by atoms with Gasteiger partial charge in [0.2, 0.25) is 0 Å². The zero-order chi connectivity index (χ0) is 11.4. The molecule has 1 radical (unpaired) electrons. The van der Waals surface area contributed by atoms with Gasteiger partial charge in [0.05, 0.1) is 0 Å². The Labute approximate surface area is 98.6 Å². The molecule has 0 aromatic heterocycles. The Morgan fingerprint density at radius 1 is 0.750 bits per heavy atom. The fourth-order valence-electron chi connectivity index (χ4n) is 1.92. The van der Waals surface area contributed by atoms with Gasteiger partial charge in [-0.05, 0) is 10.9 Å². The molecule has 2 aromatic rings. The summed E-state index contributed by atoms with van der Waals surface area (Å²) in [6, 6.07) is 21.1. The van der Waals surface area contributed by atoms with Gasteiger partial charge in [0.1, 0.15) is 0 Å². The number of hydrogen-bond donors (Lipinski definition) is 0. The third-order valence-corrected chi connectivity index (χ3v) is 2.84. The predicted molar refractivity (Wildman–Crippen MR) is 71.3 cm³/mol. The van der Waals surface area contributed by atoms with Crippen LogP contribution in [0.2, 0.25) is 0 Å². The lowest BCUT2D eigenvalue weighted by molar-refractivity contribution is 0.756. The lowest BCUT2D eigenvalue weighted by Crippen LogP contribution is -2.34. The van der Waals surface area contributed by atoms with Crippen LogP contribution in [0.1, 0.15) is 19.4 Å². The van der Waals surface area contributed by atoms with Crippen molar-refractivity contribution in [2.45, 2.75) is 19.2 Å². The van der Waals surface area contributed by atoms with Crippen LogP contribution in [0.4, 0.5) is 0 Å². The Kier molecular flexibility index (Phi) is 3.14. The standard InChI is InChI=1S/C15H16B/c1-15(2,13-9-5-3-6-10-13)16-14-11-7-4-8-12-14/h3-12H,1-2H3. The van der Waals surface area contributed by atoms with Crippen LogP contribution < -0.4 is 5.46 Å². The van der Waals surface area contributed by atoms with E-state index < -0.39 is 0 Å². The molecule has 0 saturated heterocycles. The summed E-state index contributed by atoms with van der Waals surface area (Å²) in [4.78, 5) is 0. The molecule has 0 aliphatic rings. The van der Waals surface area contributed by atoms with Crippen molar-refractivity contribution in [1.82, 2.24) is 0 Å². The second kappa shape index (κ2) is 4.57. The van der Waals surface area contributed by atoms with Gasteiger partial charge < -0.3 is 0 Å². The van der Waals surface area contributed by atoms with E-state index in [1.54, 1.807) is 0 Å². The Bertz CT molecular complexity index is 432. The highest BCUT2D eigenvalue weighted by atomic mass is 14.1. The van der Waals surface area contributed by atoms with E-state index in [2.05, 4.69) is 75.7 Å². The normalized spacial score (nSPS) is 11.1. The Balaban J connectivity index is 2.21. The quantitative estimate of drug-likeness (QED) is 0.678. The first-order valence-electron chi connectivity index (χ1n) is 5.65. The summed E-state index contributed by atoms with van der Waals surface area (Å²) in [5.74, 6) is 0. The zero-order valence-corrected chi connectivity index (χ0v) is 9.85. The average molecular weight is 207 g/mol. The number of hydrogen-bond acceptors (Lipinski definition) is 0. The van der Waals surface area contributed by atoms with Crippen LogP contribution >= 0.6 is 0 Å². The van der Waals surface area contributed by atoms with Crippen LogP contribution in [-0.2, 0) is 5.31 Å². The van der Waals surface area contributed by atoms with E-state index in [0.29, 0.717) is 0 Å². The maximum atomic E-state index is 2.31. The third-order valence-electron chi connectivity index (χ3n) is 2.84. The highest BCUT2D eigenvalue weighted by Gasteiger charge is 2.21. The molecule has 2 rings (SSSR count). The maximum Gasteiger partial charge on any atom is 0.164 e. The molecule has 0 N–H and O–H groups in total. The van der Waals surface area contributed by atoms with Gasteiger partial charge in [0.15, 0.2) is 7.28 Å². The molecule has 0 bridgehead atoms. The molecule has 1 heteroatoms. The van der Waals surface area contributed by atoms with Crippen molar-refractivity contribution in [3.8, 4) is 0 Å². The molecule has 0 spiro atoms. The molecule has 0 aliphatic heterocycles. The van der Waals surface area contributed by atoms with Crippen molar-refractivity contribution in [3.05, 3.63) is 66.2 Å². The van der Waals surface area contributed by atoms with Crippen LogP contribution in [0.25, 0.3) is 0 Å². The minimum Gasteiger partial charge on any atom is -0.0867 e. The summed E-state index contributed by atoms with van der Waals surface area (Å²) in [5, 5.41) is 0.0720. The topological polar surface area (TPSA) is 0 Å². The molecule has 0 saturated carbocycles. The lowest BCUT2D eigenvalue weighted by atomic mass is 9.48. The van der Waals surface area contributed by atoms with Crippen LogP contribution in [0, 0.1) is 0 Å². The summed E-state index contributed by atoms with van der Waals surface area (Å²) >= 11 is 0. The third kappa shape index (κ3) is 2.54. The molecule has 0 amide bonds. The molecule has 79 valence electrons. The van der Waals surface area contributed by atoms with Crippen LogP contribution in [0.5, 0.6) is 0 Å². The molecule has 0 unspecified atom stereocenters. The molecule has 0 fully saturated rings. The van der Waals surface area contributed by atoms with E-state index in [4.69, 9.17) is 0 Å². The van der Waals surface area contributed by atoms with Crippen LogP contribution in [0.15, 0.2) is 60.7 Å². The first kappa shape index (κ1) is 11.0. The number of benzene rings is 2. The summed E-state index contributed by atoms with van der Waals surface area (Å²) in [5.41, 5.74) is 2.62. The second-order valence-corrected chi connectivity index (χ2v) is 4.64. The lowest BCUT2D eigenvalue weighted by Gasteiger charge is -2.24. The van der Waals surface area contributed by atoms with Gasteiger partial charge in [-0.25, -0.2) is 0 Å². The van der Waals surface area contributed by atoms with Crippen LogP contribution in [-0.4, -0.2) is 7.28 Å². The van der Waals surface area contributed by atoms with Gasteiger partial charge in [-0.2, -0.15) is 0 Å². The number of rotatable bonds is 3. The van der Waals surface area contributed by atoms with Gasteiger partial charge in [0, 0.05) is 0 Å². The van der Waals surface area contributed by atoms with E-state index in [9.17, 15) is 0 Å². The fourth-order valence-corrected chi connectivity index (χ4v) is 1.92. The smallest absolute Gasteiger partial charge is 0.0867 e. The molecule has 0 nitrogen and oxygen atoms in total. The minimum absolute atomic E-state index is 0.0720. The Morgan fingerprint density at radius 2 is 1.25 bits per heavy atom. The van der Waals surface area contributed by atoms with Gasteiger partial charge in [-0.1, -0.05) is 80.0 Å². The summed E-state index contributed by atoms with van der Waals surface area (Å²) in [6.45, 7) is 4.49.